The summed E-state index contributed by atoms with van der Waals surface area (Å²) in [6.45, 7) is 7.00. The zero-order valence-electron chi connectivity index (χ0n) is 20.3. The average Bonchev–Trinajstić information content (AvgIpc) is 3.21. The molecule has 4 aromatic rings. The van der Waals surface area contributed by atoms with Gasteiger partial charge in [0.15, 0.2) is 11.3 Å². The van der Waals surface area contributed by atoms with Crippen LogP contribution in [0.5, 0.6) is 11.5 Å². The largest absolute Gasteiger partial charge is 0.457 e. The smallest absolute Gasteiger partial charge is 0.433 e. The monoisotopic (exact) mass is 513 g/mol. The summed E-state index contributed by atoms with van der Waals surface area (Å²) in [4.78, 5) is 27.9. The number of aromatic nitrogens is 3. The minimum Gasteiger partial charge on any atom is -0.457 e. The van der Waals surface area contributed by atoms with E-state index in [1.807, 2.05) is 13.0 Å². The number of nitro groups is 1. The van der Waals surface area contributed by atoms with E-state index in [2.05, 4.69) is 15.4 Å². The number of fused-ring (bicyclic) bond motifs is 1. The molecule has 0 radical (unpaired) electrons. The number of alkyl halides is 3. The van der Waals surface area contributed by atoms with Crippen molar-refractivity contribution in [2.24, 2.45) is 0 Å². The molecule has 2 aromatic heterocycles. The van der Waals surface area contributed by atoms with Crippen LogP contribution in [-0.4, -0.2) is 25.4 Å². The molecule has 0 aliphatic heterocycles. The van der Waals surface area contributed by atoms with Crippen LogP contribution >= 0.6 is 0 Å². The molecule has 9 nitrogen and oxygen atoms in total. The van der Waals surface area contributed by atoms with E-state index < -0.39 is 28.1 Å². The number of halogens is 3. The number of benzene rings is 2. The average molecular weight is 513 g/mol. The van der Waals surface area contributed by atoms with Gasteiger partial charge in [-0.25, -0.2) is 9.50 Å². The third-order valence-electron chi connectivity index (χ3n) is 5.30. The number of ether oxygens (including phenoxy) is 1. The van der Waals surface area contributed by atoms with Crippen molar-refractivity contribution in [3.63, 3.8) is 0 Å². The molecule has 12 heteroatoms. The highest BCUT2D eigenvalue weighted by Crippen LogP contribution is 2.33. The maximum atomic E-state index is 13.7. The Kier molecular flexibility index (Phi) is 6.36. The van der Waals surface area contributed by atoms with Crippen LogP contribution in [0.15, 0.2) is 54.6 Å². The zero-order chi connectivity index (χ0) is 27.1. The van der Waals surface area contributed by atoms with Crippen LogP contribution in [0.1, 0.15) is 48.2 Å². The Bertz CT molecular complexity index is 1520. The second-order valence-corrected chi connectivity index (χ2v) is 9.42. The third kappa shape index (κ3) is 5.68. The molecular formula is C25H22F3N5O4. The lowest BCUT2D eigenvalue weighted by molar-refractivity contribution is -0.384. The number of hydrogen-bond acceptors (Lipinski definition) is 6. The highest BCUT2D eigenvalue weighted by Gasteiger charge is 2.36. The van der Waals surface area contributed by atoms with Gasteiger partial charge in [-0.1, -0.05) is 32.9 Å². The quantitative estimate of drug-likeness (QED) is 0.247. The summed E-state index contributed by atoms with van der Waals surface area (Å²) in [5.41, 5.74) is -1.55. The van der Waals surface area contributed by atoms with Crippen LogP contribution in [0.2, 0.25) is 0 Å². The Morgan fingerprint density at radius 3 is 2.41 bits per heavy atom. The summed E-state index contributed by atoms with van der Waals surface area (Å²) in [5.74, 6) is -0.364. The SMILES string of the molecule is Cc1cccc(Oc2cc(NC(=O)c3cc4nc(C(C)(C)C)cc(C(F)(F)F)n4n3)cc([N+](=O)[O-])c2)c1. The van der Waals surface area contributed by atoms with Crippen LogP contribution < -0.4 is 10.1 Å². The van der Waals surface area contributed by atoms with Crippen molar-refractivity contribution < 1.29 is 27.6 Å². The minimum atomic E-state index is -4.75. The number of rotatable bonds is 5. The highest BCUT2D eigenvalue weighted by molar-refractivity contribution is 6.03. The van der Waals surface area contributed by atoms with E-state index >= 15 is 0 Å². The normalized spacial score (nSPS) is 12.0. The van der Waals surface area contributed by atoms with Crippen LogP contribution in [0.25, 0.3) is 5.65 Å². The van der Waals surface area contributed by atoms with Crippen molar-refractivity contribution >= 4 is 22.9 Å². The van der Waals surface area contributed by atoms with Gasteiger partial charge in [0.2, 0.25) is 0 Å². The van der Waals surface area contributed by atoms with Gasteiger partial charge in [0.25, 0.3) is 11.6 Å². The summed E-state index contributed by atoms with van der Waals surface area (Å²) in [6, 6.07) is 12.7. The lowest BCUT2D eigenvalue weighted by Gasteiger charge is -2.19. The van der Waals surface area contributed by atoms with Crippen LogP contribution in [-0.2, 0) is 11.6 Å². The Hall–Kier alpha value is -4.48. The first kappa shape index (κ1) is 25.6. The molecule has 1 N–H and O–H groups in total. The van der Waals surface area contributed by atoms with Gasteiger partial charge in [0, 0.05) is 23.6 Å². The Morgan fingerprint density at radius 2 is 1.78 bits per heavy atom. The number of aryl methyl sites for hydroxylation is 1. The first-order valence-electron chi connectivity index (χ1n) is 11.0. The van der Waals surface area contributed by atoms with Gasteiger partial charge in [0.05, 0.1) is 22.4 Å². The van der Waals surface area contributed by atoms with Crippen molar-refractivity contribution in [1.82, 2.24) is 14.6 Å². The van der Waals surface area contributed by atoms with Gasteiger partial charge in [-0.15, -0.1) is 0 Å². The minimum absolute atomic E-state index is 0.00158. The van der Waals surface area contributed by atoms with Crippen molar-refractivity contribution in [3.8, 4) is 11.5 Å². The van der Waals surface area contributed by atoms with E-state index in [1.165, 1.54) is 12.1 Å². The molecule has 0 bridgehead atoms. The van der Waals surface area contributed by atoms with E-state index in [1.54, 1.807) is 39.0 Å². The molecule has 2 heterocycles. The molecule has 0 aliphatic rings. The summed E-state index contributed by atoms with van der Waals surface area (Å²) < 4.78 is 47.5. The highest BCUT2D eigenvalue weighted by atomic mass is 19.4. The third-order valence-corrected chi connectivity index (χ3v) is 5.30. The predicted octanol–water partition coefficient (Wildman–Crippen LogP) is 6.31. The topological polar surface area (TPSA) is 112 Å². The first-order chi connectivity index (χ1) is 17.2. The van der Waals surface area contributed by atoms with Crippen molar-refractivity contribution in [1.29, 1.82) is 0 Å². The number of nitrogens with one attached hydrogen (secondary N) is 1. The van der Waals surface area contributed by atoms with Gasteiger partial charge in [0.1, 0.15) is 17.2 Å². The molecule has 0 saturated heterocycles. The molecule has 0 aliphatic carbocycles. The number of anilines is 1. The molecule has 0 fully saturated rings. The lowest BCUT2D eigenvalue weighted by atomic mass is 9.91. The maximum Gasteiger partial charge on any atom is 0.433 e. The van der Waals surface area contributed by atoms with E-state index in [9.17, 15) is 28.1 Å². The fraction of sp³-hybridized carbons (Fsp3) is 0.240. The number of non-ortho nitro benzene ring substituents is 1. The molecule has 2 aromatic carbocycles. The van der Waals surface area contributed by atoms with Crippen LogP contribution in [0, 0.1) is 17.0 Å². The zero-order valence-corrected chi connectivity index (χ0v) is 20.3. The fourth-order valence-electron chi connectivity index (χ4n) is 3.50. The molecule has 4 rings (SSSR count). The summed E-state index contributed by atoms with van der Waals surface area (Å²) in [7, 11) is 0. The van der Waals surface area contributed by atoms with Crippen LogP contribution in [0.3, 0.4) is 0 Å². The van der Waals surface area contributed by atoms with E-state index in [0.29, 0.717) is 10.3 Å². The van der Waals surface area contributed by atoms with Gasteiger partial charge < -0.3 is 10.1 Å². The Morgan fingerprint density at radius 1 is 1.05 bits per heavy atom. The second kappa shape index (κ2) is 9.19. The number of nitro benzene ring substituents is 1. The number of carbonyl (C=O) groups is 1. The molecule has 0 saturated carbocycles. The van der Waals surface area contributed by atoms with E-state index in [-0.39, 0.29) is 34.2 Å². The van der Waals surface area contributed by atoms with Crippen molar-refractivity contribution in [3.05, 3.63) is 87.4 Å². The number of hydrogen-bond donors (Lipinski definition) is 1. The molecule has 0 atom stereocenters. The Labute approximate surface area is 209 Å². The summed E-state index contributed by atoms with van der Waals surface area (Å²) >= 11 is 0. The van der Waals surface area contributed by atoms with Gasteiger partial charge in [-0.2, -0.15) is 18.3 Å². The van der Waals surface area contributed by atoms with Crippen molar-refractivity contribution in [2.45, 2.75) is 39.3 Å². The fourth-order valence-corrected chi connectivity index (χ4v) is 3.50. The second-order valence-electron chi connectivity index (χ2n) is 9.42. The molecule has 192 valence electrons. The van der Waals surface area contributed by atoms with E-state index in [4.69, 9.17) is 4.74 Å². The predicted molar refractivity (Wildman–Crippen MR) is 129 cm³/mol. The lowest BCUT2D eigenvalue weighted by Crippen LogP contribution is -2.20. The van der Waals surface area contributed by atoms with Gasteiger partial charge in [-0.3, -0.25) is 14.9 Å². The Balaban J connectivity index is 1.70. The molecule has 0 spiro atoms. The molecular weight excluding hydrogens is 491 g/mol. The number of nitrogens with zero attached hydrogens (tertiary/aromatic N) is 4. The van der Waals surface area contributed by atoms with Gasteiger partial charge in [-0.05, 0) is 30.7 Å². The first-order valence-corrected chi connectivity index (χ1v) is 11.0. The van der Waals surface area contributed by atoms with Crippen LogP contribution in [0.4, 0.5) is 24.5 Å². The standard InChI is InChI=1S/C25H22F3N5O4/c1-14-6-5-7-17(8-14)37-18-10-15(9-16(11-18)33(35)36)29-23(34)19-12-22-30-20(24(2,3)4)13-21(25(26,27)28)32(22)31-19/h5-13H,1-4H3,(H,29,34). The summed E-state index contributed by atoms with van der Waals surface area (Å²) in [5, 5.41) is 17.7. The molecule has 37 heavy (non-hydrogen) atoms. The maximum absolute atomic E-state index is 13.7. The summed E-state index contributed by atoms with van der Waals surface area (Å²) in [6.07, 6.45) is -4.75. The molecule has 1 amide bonds. The van der Waals surface area contributed by atoms with E-state index in [0.717, 1.165) is 23.8 Å². The number of amides is 1. The van der Waals surface area contributed by atoms with Crippen molar-refractivity contribution in [2.75, 3.05) is 5.32 Å². The number of carbonyl (C=O) groups excluding carboxylic acids is 1. The molecule has 0 unspecified atom stereocenters. The van der Waals surface area contributed by atoms with Gasteiger partial charge >= 0.3 is 6.18 Å².